The summed E-state index contributed by atoms with van der Waals surface area (Å²) in [4.78, 5) is 5.10. The summed E-state index contributed by atoms with van der Waals surface area (Å²) in [6.07, 6.45) is 0. The van der Waals surface area contributed by atoms with Crippen molar-refractivity contribution in [1.29, 1.82) is 5.26 Å². The van der Waals surface area contributed by atoms with Crippen LogP contribution in [0.5, 0.6) is 5.75 Å². The van der Waals surface area contributed by atoms with Gasteiger partial charge in [-0.1, -0.05) is 48.1 Å². The molecule has 150 valence electrons. The standard InChI is InChI=1S/C24H20ClN3OS/c1-24(2)23(30)27(20-10-5-18(14-26)22(25)13-20)15-28(24)19-8-3-16(4-9-19)17-6-11-21(29)12-7-17/h3-13,29H,15H2,1-2H3. The number of hydrogen-bond acceptors (Lipinski definition) is 4. The molecule has 0 spiro atoms. The summed E-state index contributed by atoms with van der Waals surface area (Å²) in [5.74, 6) is 0.255. The van der Waals surface area contributed by atoms with Crippen LogP contribution in [0.3, 0.4) is 0 Å². The van der Waals surface area contributed by atoms with Crippen molar-refractivity contribution in [3.8, 4) is 22.9 Å². The van der Waals surface area contributed by atoms with Gasteiger partial charge in [-0.25, -0.2) is 0 Å². The largest absolute Gasteiger partial charge is 0.508 e. The number of nitrogens with zero attached hydrogens (tertiary/aromatic N) is 3. The lowest BCUT2D eigenvalue weighted by Crippen LogP contribution is -2.42. The van der Waals surface area contributed by atoms with Gasteiger partial charge in [0.1, 0.15) is 16.8 Å². The lowest BCUT2D eigenvalue weighted by Gasteiger charge is -2.31. The Hall–Kier alpha value is -3.07. The number of thiocarbonyl (C=S) groups is 1. The average Bonchev–Trinajstić information content (AvgIpc) is 2.98. The Morgan fingerprint density at radius 3 is 2.10 bits per heavy atom. The van der Waals surface area contributed by atoms with E-state index in [9.17, 15) is 5.11 Å². The van der Waals surface area contributed by atoms with Crippen molar-refractivity contribution in [2.75, 3.05) is 16.5 Å². The second kappa shape index (κ2) is 7.64. The fraction of sp³-hybridized carbons (Fsp3) is 0.167. The normalized spacial score (nSPS) is 15.3. The van der Waals surface area contributed by atoms with Crippen LogP contribution < -0.4 is 9.80 Å². The number of phenols is 1. The van der Waals surface area contributed by atoms with Crippen molar-refractivity contribution in [3.63, 3.8) is 0 Å². The lowest BCUT2D eigenvalue weighted by molar-refractivity contribution is 0.475. The molecule has 1 fully saturated rings. The zero-order valence-corrected chi connectivity index (χ0v) is 18.2. The molecule has 4 nitrogen and oxygen atoms in total. The number of anilines is 2. The molecule has 0 radical (unpaired) electrons. The van der Waals surface area contributed by atoms with Crippen LogP contribution in [0.4, 0.5) is 11.4 Å². The first-order valence-corrected chi connectivity index (χ1v) is 10.3. The van der Waals surface area contributed by atoms with Gasteiger partial charge in [-0.15, -0.1) is 0 Å². The first-order valence-electron chi connectivity index (χ1n) is 9.50. The Kier molecular flexibility index (Phi) is 5.15. The third kappa shape index (κ3) is 3.49. The van der Waals surface area contributed by atoms with Gasteiger partial charge in [-0.05, 0) is 67.4 Å². The van der Waals surface area contributed by atoms with E-state index in [0.717, 1.165) is 27.5 Å². The van der Waals surface area contributed by atoms with Crippen LogP contribution in [0.25, 0.3) is 11.1 Å². The van der Waals surface area contributed by atoms with E-state index in [1.165, 1.54) is 0 Å². The van der Waals surface area contributed by atoms with E-state index in [-0.39, 0.29) is 11.3 Å². The molecular weight excluding hydrogens is 414 g/mol. The molecule has 1 saturated heterocycles. The summed E-state index contributed by atoms with van der Waals surface area (Å²) in [5, 5.41) is 19.0. The molecular formula is C24H20ClN3OS. The number of rotatable bonds is 3. The highest BCUT2D eigenvalue weighted by Gasteiger charge is 2.42. The summed E-state index contributed by atoms with van der Waals surface area (Å²) in [5.41, 5.74) is 4.15. The van der Waals surface area contributed by atoms with Gasteiger partial charge in [-0.3, -0.25) is 0 Å². The van der Waals surface area contributed by atoms with Crippen molar-refractivity contribution >= 4 is 40.2 Å². The smallest absolute Gasteiger partial charge is 0.115 e. The fourth-order valence-electron chi connectivity index (χ4n) is 3.68. The van der Waals surface area contributed by atoms with Crippen molar-refractivity contribution < 1.29 is 5.11 Å². The predicted molar refractivity (Wildman–Crippen MR) is 126 cm³/mol. The zero-order valence-electron chi connectivity index (χ0n) is 16.6. The van der Waals surface area contributed by atoms with E-state index in [0.29, 0.717) is 17.3 Å². The van der Waals surface area contributed by atoms with Crippen LogP contribution in [0.15, 0.2) is 66.7 Å². The molecule has 1 aliphatic rings. The molecule has 0 aliphatic carbocycles. The Labute approximate surface area is 186 Å². The number of benzene rings is 3. The summed E-state index contributed by atoms with van der Waals surface area (Å²) in [6.45, 7) is 4.80. The molecule has 3 aromatic rings. The topological polar surface area (TPSA) is 50.5 Å². The molecule has 1 aliphatic heterocycles. The van der Waals surface area contributed by atoms with Crippen LogP contribution in [-0.4, -0.2) is 22.3 Å². The van der Waals surface area contributed by atoms with Crippen LogP contribution in [0, 0.1) is 11.3 Å². The minimum atomic E-state index is -0.365. The number of nitriles is 1. The number of hydrogen-bond donors (Lipinski definition) is 1. The van der Waals surface area contributed by atoms with Gasteiger partial charge in [0.2, 0.25) is 0 Å². The minimum Gasteiger partial charge on any atom is -0.508 e. The van der Waals surface area contributed by atoms with Gasteiger partial charge in [0.25, 0.3) is 0 Å². The Bertz CT molecular complexity index is 1150. The van der Waals surface area contributed by atoms with Crippen molar-refractivity contribution in [2.24, 2.45) is 0 Å². The second-order valence-corrected chi connectivity index (χ2v) is 8.53. The van der Waals surface area contributed by atoms with Crippen LogP contribution in [-0.2, 0) is 0 Å². The van der Waals surface area contributed by atoms with Crippen molar-refractivity contribution in [3.05, 3.63) is 77.3 Å². The summed E-state index contributed by atoms with van der Waals surface area (Å²) in [7, 11) is 0. The summed E-state index contributed by atoms with van der Waals surface area (Å²) < 4.78 is 0. The highest BCUT2D eigenvalue weighted by atomic mass is 35.5. The molecule has 0 amide bonds. The van der Waals surface area contributed by atoms with Gasteiger partial charge in [0.15, 0.2) is 0 Å². The third-order valence-electron chi connectivity index (χ3n) is 5.49. The molecule has 0 unspecified atom stereocenters. The lowest BCUT2D eigenvalue weighted by atomic mass is 10.0. The SMILES string of the molecule is CC1(C)C(=S)N(c2ccc(C#N)c(Cl)c2)CN1c1ccc(-c2ccc(O)cc2)cc1. The molecule has 1 N–H and O–H groups in total. The van der Waals surface area contributed by atoms with Crippen LogP contribution >= 0.6 is 23.8 Å². The highest BCUT2D eigenvalue weighted by molar-refractivity contribution is 7.80. The second-order valence-electron chi connectivity index (χ2n) is 7.73. The van der Waals surface area contributed by atoms with Crippen LogP contribution in [0.2, 0.25) is 5.02 Å². The Morgan fingerprint density at radius 1 is 0.967 bits per heavy atom. The highest BCUT2D eigenvalue weighted by Crippen LogP contribution is 2.37. The number of halogens is 1. The van der Waals surface area contributed by atoms with E-state index in [2.05, 4.69) is 54.0 Å². The zero-order chi connectivity index (χ0) is 21.5. The van der Waals surface area contributed by atoms with E-state index in [4.69, 9.17) is 29.1 Å². The van der Waals surface area contributed by atoms with E-state index in [1.807, 2.05) is 18.2 Å². The molecule has 4 rings (SSSR count). The van der Waals surface area contributed by atoms with Gasteiger partial charge >= 0.3 is 0 Å². The molecule has 30 heavy (non-hydrogen) atoms. The fourth-order valence-corrected chi connectivity index (χ4v) is 4.17. The molecule has 1 heterocycles. The molecule has 3 aromatic carbocycles. The first kappa shape index (κ1) is 20.2. The predicted octanol–water partition coefficient (Wildman–Crippen LogP) is 5.97. The van der Waals surface area contributed by atoms with E-state index >= 15 is 0 Å². The van der Waals surface area contributed by atoms with Crippen LogP contribution in [0.1, 0.15) is 19.4 Å². The van der Waals surface area contributed by atoms with Gasteiger partial charge in [0.05, 0.1) is 22.8 Å². The maximum atomic E-state index is 9.49. The Balaban J connectivity index is 1.63. The summed E-state index contributed by atoms with van der Waals surface area (Å²) >= 11 is 12.1. The molecule has 0 saturated carbocycles. The quantitative estimate of drug-likeness (QED) is 0.515. The average molecular weight is 434 g/mol. The van der Waals surface area contributed by atoms with Gasteiger partial charge in [0, 0.05) is 11.4 Å². The molecule has 0 aromatic heterocycles. The monoisotopic (exact) mass is 433 g/mol. The van der Waals surface area contributed by atoms with E-state index in [1.54, 1.807) is 24.3 Å². The maximum Gasteiger partial charge on any atom is 0.115 e. The van der Waals surface area contributed by atoms with Crippen molar-refractivity contribution in [1.82, 2.24) is 0 Å². The van der Waals surface area contributed by atoms with E-state index < -0.39 is 0 Å². The minimum absolute atomic E-state index is 0.255. The number of phenolic OH excluding ortho intramolecular Hbond substituents is 1. The van der Waals surface area contributed by atoms with Gasteiger partial charge in [-0.2, -0.15) is 5.26 Å². The molecule has 0 bridgehead atoms. The van der Waals surface area contributed by atoms with Gasteiger partial charge < -0.3 is 14.9 Å². The molecule has 6 heteroatoms. The number of aromatic hydroxyl groups is 1. The maximum absolute atomic E-state index is 9.49. The Morgan fingerprint density at radius 2 is 1.53 bits per heavy atom. The first-order chi connectivity index (χ1) is 14.3. The molecule has 0 atom stereocenters. The summed E-state index contributed by atoms with van der Waals surface area (Å²) in [6, 6.07) is 23.0. The third-order valence-corrected chi connectivity index (χ3v) is 6.52. The van der Waals surface area contributed by atoms with Crippen molar-refractivity contribution in [2.45, 2.75) is 19.4 Å².